The molecule has 0 saturated heterocycles. The molecule has 55 heteroatoms. The second kappa shape index (κ2) is 83.0. The number of rotatable bonds is 16. The van der Waals surface area contributed by atoms with Crippen LogP contribution in [0.1, 0.15) is 84.0 Å². The van der Waals surface area contributed by atoms with Crippen LogP contribution in [0.3, 0.4) is 0 Å². The maximum atomic E-state index is 10.5. The van der Waals surface area contributed by atoms with Crippen molar-refractivity contribution in [2.75, 3.05) is 11.9 Å². The van der Waals surface area contributed by atoms with Gasteiger partial charge in [-0.15, -0.1) is 0 Å². The fourth-order valence-corrected chi connectivity index (χ4v) is 127. The van der Waals surface area contributed by atoms with Gasteiger partial charge in [-0.05, 0) is 50.8 Å². The van der Waals surface area contributed by atoms with E-state index in [0.29, 0.717) is 5.78 Å². The summed E-state index contributed by atoms with van der Waals surface area (Å²) in [6.07, 6.45) is 12.1. The maximum absolute atomic E-state index is 10.5. The molecule has 78 heavy (non-hydrogen) atoms. The van der Waals surface area contributed by atoms with Gasteiger partial charge in [-0.1, -0.05) is 76.5 Å². The Morgan fingerprint density at radius 1 is 0.397 bits per heavy atom. The summed E-state index contributed by atoms with van der Waals surface area (Å²) in [5.41, 5.74) is 0. The van der Waals surface area contributed by atoms with Crippen molar-refractivity contribution in [2.24, 2.45) is 0 Å². The van der Waals surface area contributed by atoms with Crippen LogP contribution in [0.2, 0.25) is 0 Å². The summed E-state index contributed by atoms with van der Waals surface area (Å²) >= 11 is 16.4. The van der Waals surface area contributed by atoms with Crippen LogP contribution in [-0.4, -0.2) is 28.8 Å². The predicted molar refractivity (Wildman–Crippen MR) is 488 cm³/mol. The van der Waals surface area contributed by atoms with E-state index in [-0.39, 0.29) is 6.42 Å². The molecule has 1 aromatic rings. The van der Waals surface area contributed by atoms with Gasteiger partial charge in [-0.2, -0.15) is 0 Å². The second-order valence-corrected chi connectivity index (χ2v) is 95.2. The molecule has 4 nitrogen and oxygen atoms in total. The predicted octanol–water partition coefficient (Wildman–Crippen LogP) is 7.45. The molecule has 0 atom stereocenters. The molecule has 0 radical (unpaired) electrons. The number of carboxylic acid groups (broad SMARTS) is 1. The minimum Gasteiger partial charge on any atom is -0.494 e. The van der Waals surface area contributed by atoms with Crippen LogP contribution in [-0.2, 0) is 449 Å². The number of Topliss-reactive ketones (excluding diaryl/α,β-unsaturated/α-hetero) is 1. The van der Waals surface area contributed by atoms with Crippen molar-refractivity contribution in [3.05, 3.63) is 28.7 Å². The lowest BCUT2D eigenvalue weighted by Crippen LogP contribution is -1.97. The van der Waals surface area contributed by atoms with E-state index in [1.165, 1.54) is 43.4 Å². The number of carbonyl (C=O) groups is 2. The summed E-state index contributed by atoms with van der Waals surface area (Å²) in [6, 6.07) is 7.81. The van der Waals surface area contributed by atoms with E-state index < -0.39 is 5.97 Å². The van der Waals surface area contributed by atoms with Gasteiger partial charge in [0.25, 0.3) is 0 Å². The number of ketones is 1. The number of carbonyl (C=O) groups excluding carboxylic acids is 1. The van der Waals surface area contributed by atoms with E-state index in [1.54, 1.807) is 113 Å². The Balaban J connectivity index is 0. The third kappa shape index (κ3) is 85.9. The van der Waals surface area contributed by atoms with Gasteiger partial charge in [0, 0.05) is 462 Å². The highest BCUT2D eigenvalue weighted by Gasteiger charge is 1.98. The number of unbranched alkanes of at least 4 members (excludes halogenated alkanes) is 8. The minimum absolute atomic E-state index is 0.286. The minimum atomic E-state index is -0.701. The van der Waals surface area contributed by atoms with Gasteiger partial charge in [0.1, 0.15) is 11.5 Å². The summed E-state index contributed by atoms with van der Waals surface area (Å²) in [5.74, 6) is 0.508. The van der Waals surface area contributed by atoms with Crippen LogP contribution in [0.15, 0.2) is 28.7 Å². The average molecular weight is 2110 g/mol. The molecule has 0 aliphatic rings. The van der Waals surface area contributed by atoms with Crippen molar-refractivity contribution >= 4 is 483 Å². The molecular formula is C23H36Br2O4S49. The van der Waals surface area contributed by atoms with Crippen molar-refractivity contribution in [3.63, 3.8) is 0 Å². The number of halogens is 2. The lowest BCUT2D eigenvalue weighted by Gasteiger charge is -2.06. The lowest BCUT2D eigenvalue weighted by atomic mass is 10.1. The summed E-state index contributed by atoms with van der Waals surface area (Å²) in [4.78, 5) is 20.8. The number of ether oxygens (including phenoxy) is 1. The molecule has 0 aromatic heterocycles. The van der Waals surface area contributed by atoms with Crippen LogP contribution in [0, 0.1) is 0 Å². The zero-order chi connectivity index (χ0) is 57.0. The van der Waals surface area contributed by atoms with Crippen LogP contribution in [0.5, 0.6) is 5.75 Å². The van der Waals surface area contributed by atoms with Gasteiger partial charge in [-0.25, -0.2) is 0 Å². The first kappa shape index (κ1) is 90.0. The Hall–Kier alpha value is 9.90. The third-order valence-corrected chi connectivity index (χ3v) is 109. The van der Waals surface area contributed by atoms with Crippen molar-refractivity contribution in [3.8, 4) is 5.75 Å². The lowest BCUT2D eigenvalue weighted by molar-refractivity contribution is -0.137. The Kier molecular flexibility index (Phi) is 95.7. The zero-order valence-electron chi connectivity index (χ0n) is 37.6. The Morgan fingerprint density at radius 2 is 0.654 bits per heavy atom. The molecule has 0 fully saturated rings. The normalized spacial score (nSPS) is 8.65. The SMILES string of the molecule is CC(=O)CCCCCCCBr.O=C(O)CCCCCCCOc1cccc(Br)c1.S=S=S=S=S=S=S=S=S=S=S=S=S=S=S=S=S=S=S=S=S=S=S=S=S=S=S=S=S=S=S=S=S=S=S=S=S=S=S=S=S=S=S=S=S=S=S=S=S. The number of carboxylic acids is 1. The van der Waals surface area contributed by atoms with E-state index in [0.717, 1.165) is 67.1 Å². The van der Waals surface area contributed by atoms with Crippen LogP contribution >= 0.6 is 31.9 Å². The number of hydrogen-bond acceptors (Lipinski definition) is 5. The Morgan fingerprint density at radius 3 is 0.910 bits per heavy atom. The molecule has 460 valence electrons. The van der Waals surface area contributed by atoms with Gasteiger partial charge < -0.3 is 14.6 Å². The van der Waals surface area contributed by atoms with Gasteiger partial charge >= 0.3 is 5.97 Å². The zero-order valence-corrected chi connectivity index (χ0v) is 80.8. The van der Waals surface area contributed by atoms with E-state index in [9.17, 15) is 9.59 Å². The van der Waals surface area contributed by atoms with E-state index in [2.05, 4.69) is 31.9 Å². The Labute approximate surface area is 618 Å². The highest BCUT2D eigenvalue weighted by molar-refractivity contribution is 9.10. The number of aliphatic carboxylic acids is 1. The van der Waals surface area contributed by atoms with Crippen molar-refractivity contribution in [1.29, 1.82) is 0 Å². The summed E-state index contributed by atoms with van der Waals surface area (Å²) in [6.45, 7) is 2.38. The van der Waals surface area contributed by atoms with E-state index >= 15 is 0 Å². The van der Waals surface area contributed by atoms with Crippen LogP contribution in [0.4, 0.5) is 0 Å². The van der Waals surface area contributed by atoms with Gasteiger partial charge in [-0.3, -0.25) is 4.79 Å². The van der Waals surface area contributed by atoms with Gasteiger partial charge in [0.2, 0.25) is 0 Å². The van der Waals surface area contributed by atoms with Crippen molar-refractivity contribution in [2.45, 2.75) is 84.0 Å². The standard InChI is InChI=1S/C14H19BrO3.C9H17BrO.S49/c15-12-7-6-8-13(11-12)18-10-5-3-1-2-4-9-14(16)17;1-9(11)7-5-3-2-4-6-8-10;1-3-5-7-9-11-13-15-17-19-21-23-25-27-29-31-33-35-37-39-41-43-45-47-49-48-46-44-42-40-38-36-34-32-30-28-26-24-22-20-18-16-14-12-10-8-6-4-2/h6-8,11H,1-5,9-10H2,(H,16,17);2-8H2,1H3;. The average Bonchev–Trinajstić information content (AvgIpc) is 3.43. The highest BCUT2D eigenvalue weighted by Crippen LogP contribution is 2.18. The van der Waals surface area contributed by atoms with E-state index in [4.69, 9.17) is 32.2 Å². The molecule has 1 N–H and O–H groups in total. The topological polar surface area (TPSA) is 63.6 Å². The van der Waals surface area contributed by atoms with Crippen LogP contribution in [0.25, 0.3) is 0 Å². The first-order valence-corrected chi connectivity index (χ1v) is 84.5. The molecule has 0 aliphatic carbocycles. The third-order valence-electron chi connectivity index (χ3n) is 5.54. The second-order valence-electron chi connectivity index (χ2n) is 10.3. The van der Waals surface area contributed by atoms with Crippen LogP contribution < -0.4 is 4.74 Å². The summed E-state index contributed by atoms with van der Waals surface area (Å²) < 4.78 is 6.63. The number of benzene rings is 1. The molecule has 1 rings (SSSR count). The fraction of sp³-hybridized carbons (Fsp3) is 0.652. The largest absolute Gasteiger partial charge is 0.494 e. The first-order valence-electron chi connectivity index (χ1n) is 18.6. The molecule has 0 aliphatic heterocycles. The molecule has 0 spiro atoms. The molecule has 0 heterocycles. The quantitative estimate of drug-likeness (QED) is 0.137. The highest BCUT2D eigenvalue weighted by atomic mass is 79.9. The molecule has 1 aromatic carbocycles. The monoisotopic (exact) mass is 2100 g/mol. The number of hydrogen-bond donors (Lipinski definition) is 1. The maximum Gasteiger partial charge on any atom is 0.303 e. The molecule has 0 saturated carbocycles. The van der Waals surface area contributed by atoms with Crippen molar-refractivity contribution in [1.82, 2.24) is 0 Å². The summed E-state index contributed by atoms with van der Waals surface area (Å²) in [5, 5.41) is 9.59. The first-order chi connectivity index (χ1) is 38.4. The molecule has 0 unspecified atom stereocenters. The smallest absolute Gasteiger partial charge is 0.303 e. The van der Waals surface area contributed by atoms with E-state index in [1.807, 2.05) is 317 Å². The number of alkyl halides is 1. The molecule has 0 amide bonds. The van der Waals surface area contributed by atoms with Gasteiger partial charge in [0.15, 0.2) is 0 Å². The molecule has 0 bridgehead atoms. The Bertz CT molecular complexity index is 4110. The van der Waals surface area contributed by atoms with Crippen molar-refractivity contribution < 1.29 is 19.4 Å². The van der Waals surface area contributed by atoms with Gasteiger partial charge in [0.05, 0.1) is 6.61 Å². The molecular weight excluding hydrogens is 2070 g/mol. The fourth-order valence-electron chi connectivity index (χ4n) is 3.16. The summed E-state index contributed by atoms with van der Waals surface area (Å²) in [7, 11) is 83.9.